The Kier molecular flexibility index (Phi) is 4.69. The van der Waals surface area contributed by atoms with Crippen LogP contribution >= 0.6 is 0 Å². The molecule has 1 heterocycles. The van der Waals surface area contributed by atoms with E-state index in [1.165, 1.54) is 0 Å². The number of nitrogens with one attached hydrogen (secondary N) is 1. The van der Waals surface area contributed by atoms with E-state index in [0.717, 1.165) is 5.69 Å². The van der Waals surface area contributed by atoms with Crippen LogP contribution in [-0.4, -0.2) is 32.8 Å². The summed E-state index contributed by atoms with van der Waals surface area (Å²) in [5, 5.41) is 15.8. The molecule has 0 fully saturated rings. The number of aliphatic carboxylic acids is 1. The van der Waals surface area contributed by atoms with Crippen LogP contribution in [0.4, 0.5) is 0 Å². The summed E-state index contributed by atoms with van der Waals surface area (Å²) in [6.07, 6.45) is -0.0816. The van der Waals surface area contributed by atoms with Gasteiger partial charge in [-0.25, -0.2) is 0 Å². The molecule has 1 unspecified atom stereocenters. The van der Waals surface area contributed by atoms with E-state index in [2.05, 4.69) is 10.4 Å². The van der Waals surface area contributed by atoms with Gasteiger partial charge in [0.05, 0.1) is 17.7 Å². The highest BCUT2D eigenvalue weighted by Gasteiger charge is 2.23. The van der Waals surface area contributed by atoms with E-state index in [0.29, 0.717) is 11.3 Å². The van der Waals surface area contributed by atoms with Crippen LogP contribution in [0.5, 0.6) is 0 Å². The maximum absolute atomic E-state index is 12.2. The second-order valence-electron chi connectivity index (χ2n) is 5.09. The molecule has 0 saturated heterocycles. The first-order valence-electron chi connectivity index (χ1n) is 6.26. The van der Waals surface area contributed by atoms with Crippen molar-refractivity contribution in [2.75, 3.05) is 0 Å². The Balaban J connectivity index is 2.91. The van der Waals surface area contributed by atoms with Gasteiger partial charge in [-0.05, 0) is 19.8 Å². The lowest BCUT2D eigenvalue weighted by molar-refractivity contribution is -0.137. The number of hydrogen-bond acceptors (Lipinski definition) is 3. The molecule has 6 nitrogen and oxygen atoms in total. The number of amides is 1. The van der Waals surface area contributed by atoms with Crippen molar-refractivity contribution in [3.8, 4) is 0 Å². The van der Waals surface area contributed by atoms with Crippen molar-refractivity contribution >= 4 is 11.9 Å². The minimum Gasteiger partial charge on any atom is -0.481 e. The first-order valence-corrected chi connectivity index (χ1v) is 6.26. The highest BCUT2D eigenvalue weighted by molar-refractivity contribution is 5.96. The fourth-order valence-corrected chi connectivity index (χ4v) is 1.98. The highest BCUT2D eigenvalue weighted by atomic mass is 16.4. The SMILES string of the molecule is Cc1nn(C)c(C)c1C(=O)NC(CC(=O)O)C(C)C. The molecule has 0 aliphatic carbocycles. The summed E-state index contributed by atoms with van der Waals surface area (Å²) in [5.74, 6) is -1.13. The summed E-state index contributed by atoms with van der Waals surface area (Å²) in [5.41, 5.74) is 1.95. The third-order valence-electron chi connectivity index (χ3n) is 3.25. The number of hydrogen-bond donors (Lipinski definition) is 2. The summed E-state index contributed by atoms with van der Waals surface area (Å²) in [7, 11) is 1.77. The largest absolute Gasteiger partial charge is 0.481 e. The quantitative estimate of drug-likeness (QED) is 0.841. The molecule has 0 aliphatic heterocycles. The van der Waals surface area contributed by atoms with Crippen LogP contribution in [0.15, 0.2) is 0 Å². The highest BCUT2D eigenvalue weighted by Crippen LogP contribution is 2.14. The fourth-order valence-electron chi connectivity index (χ4n) is 1.98. The lowest BCUT2D eigenvalue weighted by Gasteiger charge is -2.20. The van der Waals surface area contributed by atoms with Crippen molar-refractivity contribution in [2.24, 2.45) is 13.0 Å². The molecular weight excluding hydrogens is 246 g/mol. The Morgan fingerprint density at radius 3 is 2.32 bits per heavy atom. The lowest BCUT2D eigenvalue weighted by atomic mass is 10.0. The smallest absolute Gasteiger partial charge is 0.305 e. The Labute approximate surface area is 112 Å². The summed E-state index contributed by atoms with van der Waals surface area (Å²) in [4.78, 5) is 23.0. The van der Waals surface area contributed by atoms with E-state index < -0.39 is 5.97 Å². The van der Waals surface area contributed by atoms with Crippen LogP contribution in [-0.2, 0) is 11.8 Å². The van der Waals surface area contributed by atoms with E-state index in [4.69, 9.17) is 5.11 Å². The first kappa shape index (κ1) is 15.2. The molecule has 0 aliphatic rings. The molecule has 0 spiro atoms. The number of carboxylic acid groups (broad SMARTS) is 1. The molecular formula is C13H21N3O3. The van der Waals surface area contributed by atoms with Gasteiger partial charge in [0.15, 0.2) is 0 Å². The predicted molar refractivity (Wildman–Crippen MR) is 71.0 cm³/mol. The molecule has 19 heavy (non-hydrogen) atoms. The molecule has 1 amide bonds. The maximum Gasteiger partial charge on any atom is 0.305 e. The topological polar surface area (TPSA) is 84.2 Å². The average molecular weight is 267 g/mol. The summed E-state index contributed by atoms with van der Waals surface area (Å²) >= 11 is 0. The van der Waals surface area contributed by atoms with Crippen LogP contribution < -0.4 is 5.32 Å². The van der Waals surface area contributed by atoms with E-state index in [9.17, 15) is 9.59 Å². The number of carbonyl (C=O) groups is 2. The molecule has 0 saturated carbocycles. The number of carbonyl (C=O) groups excluding carboxylic acids is 1. The maximum atomic E-state index is 12.2. The van der Waals surface area contributed by atoms with Gasteiger partial charge in [0.2, 0.25) is 0 Å². The van der Waals surface area contributed by atoms with E-state index in [1.54, 1.807) is 18.7 Å². The van der Waals surface area contributed by atoms with E-state index >= 15 is 0 Å². The second-order valence-corrected chi connectivity index (χ2v) is 5.09. The van der Waals surface area contributed by atoms with Gasteiger partial charge < -0.3 is 10.4 Å². The third kappa shape index (κ3) is 3.56. The molecule has 0 bridgehead atoms. The predicted octanol–water partition coefficient (Wildman–Crippen LogP) is 1.27. The lowest BCUT2D eigenvalue weighted by Crippen LogP contribution is -2.40. The van der Waals surface area contributed by atoms with Gasteiger partial charge in [-0.3, -0.25) is 14.3 Å². The van der Waals surface area contributed by atoms with E-state index in [-0.39, 0.29) is 24.3 Å². The minimum atomic E-state index is -0.918. The monoisotopic (exact) mass is 267 g/mol. The third-order valence-corrected chi connectivity index (χ3v) is 3.25. The number of nitrogens with zero attached hydrogens (tertiary/aromatic N) is 2. The molecule has 1 aromatic heterocycles. The average Bonchev–Trinajstić information content (AvgIpc) is 2.51. The molecule has 6 heteroatoms. The summed E-state index contributed by atoms with van der Waals surface area (Å²) in [6.45, 7) is 7.35. The van der Waals surface area contributed by atoms with Crippen LogP contribution in [0.25, 0.3) is 0 Å². The molecule has 1 aromatic rings. The minimum absolute atomic E-state index is 0.0531. The van der Waals surface area contributed by atoms with Crippen molar-refractivity contribution in [1.29, 1.82) is 0 Å². The summed E-state index contributed by atoms with van der Waals surface area (Å²) in [6, 6.07) is -0.385. The zero-order valence-corrected chi connectivity index (χ0v) is 12.0. The Bertz CT molecular complexity index is 492. The number of aryl methyl sites for hydroxylation is 2. The van der Waals surface area contributed by atoms with Crippen LogP contribution in [0, 0.1) is 19.8 Å². The second kappa shape index (κ2) is 5.86. The molecule has 1 atom stereocenters. The Morgan fingerprint density at radius 1 is 1.37 bits per heavy atom. The van der Waals surface area contributed by atoms with Gasteiger partial charge >= 0.3 is 5.97 Å². The molecule has 1 rings (SSSR count). The van der Waals surface area contributed by atoms with Gasteiger partial charge in [0, 0.05) is 18.8 Å². The van der Waals surface area contributed by atoms with Gasteiger partial charge in [0.25, 0.3) is 5.91 Å². The standard InChI is InChI=1S/C13H21N3O3/c1-7(2)10(6-11(17)18)14-13(19)12-8(3)15-16(5)9(12)4/h7,10H,6H2,1-5H3,(H,14,19)(H,17,18). The van der Waals surface area contributed by atoms with Crippen LogP contribution in [0.1, 0.15) is 42.0 Å². The van der Waals surface area contributed by atoms with Crippen molar-refractivity contribution < 1.29 is 14.7 Å². The Morgan fingerprint density at radius 2 is 1.95 bits per heavy atom. The van der Waals surface area contributed by atoms with Crippen molar-refractivity contribution in [1.82, 2.24) is 15.1 Å². The fraction of sp³-hybridized carbons (Fsp3) is 0.615. The van der Waals surface area contributed by atoms with Crippen molar-refractivity contribution in [3.63, 3.8) is 0 Å². The van der Waals surface area contributed by atoms with Crippen molar-refractivity contribution in [3.05, 3.63) is 17.0 Å². The van der Waals surface area contributed by atoms with Gasteiger partial charge in [-0.15, -0.1) is 0 Å². The van der Waals surface area contributed by atoms with E-state index in [1.807, 2.05) is 20.8 Å². The zero-order chi connectivity index (χ0) is 14.7. The number of carboxylic acids is 1. The van der Waals surface area contributed by atoms with Gasteiger partial charge in [-0.2, -0.15) is 5.10 Å². The number of aromatic nitrogens is 2. The Hall–Kier alpha value is -1.85. The van der Waals surface area contributed by atoms with Gasteiger partial charge in [0.1, 0.15) is 0 Å². The first-order chi connectivity index (χ1) is 8.73. The number of rotatable bonds is 5. The molecule has 0 aromatic carbocycles. The van der Waals surface area contributed by atoms with Crippen LogP contribution in [0.3, 0.4) is 0 Å². The molecule has 0 radical (unpaired) electrons. The van der Waals surface area contributed by atoms with Crippen molar-refractivity contribution in [2.45, 2.75) is 40.2 Å². The van der Waals surface area contributed by atoms with Gasteiger partial charge in [-0.1, -0.05) is 13.8 Å². The molecule has 2 N–H and O–H groups in total. The normalized spacial score (nSPS) is 12.5. The van der Waals surface area contributed by atoms with Crippen LogP contribution in [0.2, 0.25) is 0 Å². The summed E-state index contributed by atoms with van der Waals surface area (Å²) < 4.78 is 1.64. The zero-order valence-electron chi connectivity index (χ0n) is 12.0. The molecule has 106 valence electrons.